The molecule has 31 heavy (non-hydrogen) atoms. The highest BCUT2D eigenvalue weighted by Gasteiger charge is 2.36. The molecule has 2 heterocycles. The van der Waals surface area contributed by atoms with Crippen molar-refractivity contribution >= 4 is 23.5 Å². The topological polar surface area (TPSA) is 104 Å². The van der Waals surface area contributed by atoms with E-state index in [1.165, 1.54) is 6.07 Å². The lowest BCUT2D eigenvalue weighted by molar-refractivity contribution is -0.137. The van der Waals surface area contributed by atoms with Crippen molar-refractivity contribution in [1.82, 2.24) is 20.1 Å². The van der Waals surface area contributed by atoms with Crippen LogP contribution in [0.3, 0.4) is 0 Å². The fourth-order valence-electron chi connectivity index (χ4n) is 3.58. The van der Waals surface area contributed by atoms with Crippen molar-refractivity contribution in [3.63, 3.8) is 0 Å². The monoisotopic (exact) mass is 452 g/mol. The number of hydrogen-bond acceptors (Lipinski definition) is 6. The molecule has 0 saturated carbocycles. The summed E-state index contributed by atoms with van der Waals surface area (Å²) < 4.78 is 48.4. The summed E-state index contributed by atoms with van der Waals surface area (Å²) in [7, 11) is 0. The lowest BCUT2D eigenvalue weighted by Crippen LogP contribution is -2.28. The molecule has 4 rings (SSSR count). The number of ether oxygens (including phenoxy) is 1. The second-order valence-corrected chi connectivity index (χ2v) is 7.62. The summed E-state index contributed by atoms with van der Waals surface area (Å²) in [5.41, 5.74) is 10.4. The Morgan fingerprint density at radius 1 is 1.19 bits per heavy atom. The van der Waals surface area contributed by atoms with Crippen LogP contribution >= 0.6 is 11.6 Å². The molecule has 0 aliphatic carbocycles. The minimum atomic E-state index is -4.67. The number of rotatable bonds is 5. The van der Waals surface area contributed by atoms with Crippen LogP contribution in [0.25, 0.3) is 16.8 Å². The Bertz CT molecular complexity index is 1080. The van der Waals surface area contributed by atoms with Gasteiger partial charge in [-0.15, -0.1) is 5.10 Å². The van der Waals surface area contributed by atoms with E-state index >= 15 is 0 Å². The molecule has 0 bridgehead atoms. The first-order chi connectivity index (χ1) is 14.7. The second-order valence-electron chi connectivity index (χ2n) is 7.22. The zero-order valence-electron chi connectivity index (χ0n) is 16.3. The van der Waals surface area contributed by atoms with Gasteiger partial charge in [-0.3, -0.25) is 0 Å². The van der Waals surface area contributed by atoms with Gasteiger partial charge < -0.3 is 21.5 Å². The van der Waals surface area contributed by atoms with Crippen molar-refractivity contribution < 1.29 is 17.9 Å². The van der Waals surface area contributed by atoms with Crippen LogP contribution in [-0.4, -0.2) is 34.0 Å². The Hall–Kier alpha value is -2.98. The molecule has 11 heteroatoms. The normalized spacial score (nSPS) is 16.6. The van der Waals surface area contributed by atoms with Crippen molar-refractivity contribution in [3.8, 4) is 22.6 Å². The third-order valence-corrected chi connectivity index (χ3v) is 5.33. The molecule has 1 unspecified atom stereocenters. The van der Waals surface area contributed by atoms with E-state index in [4.69, 9.17) is 27.8 Å². The van der Waals surface area contributed by atoms with E-state index < -0.39 is 11.7 Å². The van der Waals surface area contributed by atoms with Crippen molar-refractivity contribution in [2.45, 2.75) is 25.1 Å². The third kappa shape index (κ3) is 4.54. The summed E-state index contributed by atoms with van der Waals surface area (Å²) in [6.07, 6.45) is -2.52. The van der Waals surface area contributed by atoms with Gasteiger partial charge in [0.25, 0.3) is 0 Å². The molecule has 0 spiro atoms. The Balaban J connectivity index is 1.67. The van der Waals surface area contributed by atoms with E-state index in [-0.39, 0.29) is 34.2 Å². The number of nitrogens with two attached hydrogens (primary N) is 2. The maximum absolute atomic E-state index is 13.9. The Morgan fingerprint density at radius 3 is 2.52 bits per heavy atom. The molecule has 1 aromatic heterocycles. The van der Waals surface area contributed by atoms with Gasteiger partial charge in [0, 0.05) is 11.6 Å². The molecular weight excluding hydrogens is 433 g/mol. The predicted octanol–water partition coefficient (Wildman–Crippen LogP) is 3.90. The van der Waals surface area contributed by atoms with Gasteiger partial charge in [0.2, 0.25) is 11.9 Å². The van der Waals surface area contributed by atoms with Crippen LogP contribution in [0.15, 0.2) is 36.4 Å². The van der Waals surface area contributed by atoms with E-state index in [2.05, 4.69) is 15.4 Å². The Kier molecular flexibility index (Phi) is 5.67. The highest BCUT2D eigenvalue weighted by Crippen LogP contribution is 2.43. The summed E-state index contributed by atoms with van der Waals surface area (Å²) >= 11 is 6.30. The Labute approximate surface area is 181 Å². The molecule has 1 aliphatic rings. The number of halogens is 4. The van der Waals surface area contributed by atoms with E-state index in [1.807, 2.05) is 0 Å². The molecule has 1 atom stereocenters. The Morgan fingerprint density at radius 2 is 1.94 bits per heavy atom. The fourth-order valence-corrected chi connectivity index (χ4v) is 3.90. The molecule has 0 radical (unpaired) electrons. The van der Waals surface area contributed by atoms with Crippen molar-refractivity contribution in [2.24, 2.45) is 0 Å². The molecule has 0 amide bonds. The standard InChI is InChI=1S/C20H20ClF3N6O/c21-16-9-13(30-19(26)28-18(25)29-30)8-15(20(22,23)24)17(16)11-3-5-14(6-4-11)31-10-12-2-1-7-27-12/h3-6,8-9,12,27H,1-2,7,10H2,(H4,25,26,28,29). The maximum atomic E-state index is 13.9. The number of anilines is 2. The van der Waals surface area contributed by atoms with Crippen molar-refractivity contribution in [1.29, 1.82) is 0 Å². The number of nitrogen functional groups attached to an aromatic ring is 2. The number of alkyl halides is 3. The lowest BCUT2D eigenvalue weighted by Gasteiger charge is -2.17. The number of hydrogen-bond donors (Lipinski definition) is 3. The molecular formula is C20H20ClF3N6O. The molecule has 5 N–H and O–H groups in total. The zero-order valence-corrected chi connectivity index (χ0v) is 17.0. The van der Waals surface area contributed by atoms with Gasteiger partial charge in [0.1, 0.15) is 12.4 Å². The summed E-state index contributed by atoms with van der Waals surface area (Å²) in [6, 6.07) is 8.91. The number of nitrogens with one attached hydrogen (secondary N) is 1. The van der Waals surface area contributed by atoms with E-state index in [0.29, 0.717) is 17.9 Å². The third-order valence-electron chi connectivity index (χ3n) is 5.03. The summed E-state index contributed by atoms with van der Waals surface area (Å²) in [5, 5.41) is 7.04. The van der Waals surface area contributed by atoms with Crippen LogP contribution < -0.4 is 21.5 Å². The smallest absolute Gasteiger partial charge is 0.417 e. The predicted molar refractivity (Wildman–Crippen MR) is 112 cm³/mol. The summed E-state index contributed by atoms with van der Waals surface area (Å²) in [5.74, 6) is 0.270. The molecule has 164 valence electrons. The van der Waals surface area contributed by atoms with Crippen LogP contribution in [0.1, 0.15) is 18.4 Å². The van der Waals surface area contributed by atoms with Gasteiger partial charge in [-0.05, 0) is 49.2 Å². The number of nitrogens with zero attached hydrogens (tertiary/aromatic N) is 3. The van der Waals surface area contributed by atoms with Crippen LogP contribution in [0.2, 0.25) is 5.02 Å². The first kappa shape index (κ1) is 21.3. The summed E-state index contributed by atoms with van der Waals surface area (Å²) in [4.78, 5) is 3.71. The number of aromatic nitrogens is 3. The molecule has 1 fully saturated rings. The quantitative estimate of drug-likeness (QED) is 0.542. The molecule has 2 aromatic carbocycles. The van der Waals surface area contributed by atoms with E-state index in [0.717, 1.165) is 30.1 Å². The fraction of sp³-hybridized carbons (Fsp3) is 0.300. The highest BCUT2D eigenvalue weighted by molar-refractivity contribution is 6.33. The van der Waals surface area contributed by atoms with Gasteiger partial charge in [-0.2, -0.15) is 22.8 Å². The van der Waals surface area contributed by atoms with Crippen LogP contribution in [0.4, 0.5) is 25.1 Å². The highest BCUT2D eigenvalue weighted by atomic mass is 35.5. The van der Waals surface area contributed by atoms with Gasteiger partial charge >= 0.3 is 6.18 Å². The SMILES string of the molecule is Nc1nc(N)n(-c2cc(Cl)c(-c3ccc(OCC4CCCN4)cc3)c(C(F)(F)F)c2)n1. The average Bonchev–Trinajstić information content (AvgIpc) is 3.34. The minimum absolute atomic E-state index is 0.00629. The molecule has 3 aromatic rings. The molecule has 1 saturated heterocycles. The van der Waals surface area contributed by atoms with Crippen molar-refractivity contribution in [2.75, 3.05) is 24.6 Å². The van der Waals surface area contributed by atoms with Crippen LogP contribution in [0, 0.1) is 0 Å². The van der Waals surface area contributed by atoms with Gasteiger partial charge in [0.05, 0.1) is 16.3 Å². The van der Waals surface area contributed by atoms with Gasteiger partial charge in [-0.25, -0.2) is 0 Å². The van der Waals surface area contributed by atoms with Crippen LogP contribution in [-0.2, 0) is 6.18 Å². The van der Waals surface area contributed by atoms with Gasteiger partial charge in [-0.1, -0.05) is 23.7 Å². The van der Waals surface area contributed by atoms with E-state index in [1.54, 1.807) is 24.3 Å². The number of benzene rings is 2. The second kappa shape index (κ2) is 8.27. The zero-order chi connectivity index (χ0) is 22.2. The average molecular weight is 453 g/mol. The first-order valence-corrected chi connectivity index (χ1v) is 9.96. The molecule has 7 nitrogen and oxygen atoms in total. The largest absolute Gasteiger partial charge is 0.492 e. The van der Waals surface area contributed by atoms with Gasteiger partial charge in [0.15, 0.2) is 0 Å². The lowest BCUT2D eigenvalue weighted by atomic mass is 9.98. The van der Waals surface area contributed by atoms with Crippen molar-refractivity contribution in [3.05, 3.63) is 47.0 Å². The first-order valence-electron chi connectivity index (χ1n) is 9.58. The maximum Gasteiger partial charge on any atom is 0.417 e. The summed E-state index contributed by atoms with van der Waals surface area (Å²) in [6.45, 7) is 1.47. The minimum Gasteiger partial charge on any atom is -0.492 e. The van der Waals surface area contributed by atoms with Crippen LogP contribution in [0.5, 0.6) is 5.75 Å². The van der Waals surface area contributed by atoms with E-state index in [9.17, 15) is 13.2 Å². The molecule has 1 aliphatic heterocycles.